The highest BCUT2D eigenvalue weighted by molar-refractivity contribution is 6.31. The lowest BCUT2D eigenvalue weighted by Gasteiger charge is -2.15. The fourth-order valence-corrected chi connectivity index (χ4v) is 2.06. The van der Waals surface area contributed by atoms with Gasteiger partial charge in [0.25, 0.3) is 0 Å². The van der Waals surface area contributed by atoms with Crippen molar-refractivity contribution in [1.29, 1.82) is 5.26 Å². The number of benzene rings is 1. The molecule has 1 N–H and O–H groups in total. The maximum atomic E-state index is 12.7. The summed E-state index contributed by atoms with van der Waals surface area (Å²) in [5.74, 6) is 0. The Kier molecular flexibility index (Phi) is 5.91. The average Bonchev–Trinajstić information content (AvgIpc) is 2.39. The number of nitrogens with zero attached hydrogens (tertiary/aromatic N) is 1. The molecule has 0 heterocycles. The van der Waals surface area contributed by atoms with Gasteiger partial charge in [-0.1, -0.05) is 18.0 Å². The van der Waals surface area contributed by atoms with Gasteiger partial charge in [-0.25, -0.2) is 0 Å². The molecule has 116 valence electrons. The van der Waals surface area contributed by atoms with Gasteiger partial charge in [0.2, 0.25) is 0 Å². The first kappa shape index (κ1) is 17.6. The van der Waals surface area contributed by atoms with Crippen LogP contribution in [0.3, 0.4) is 0 Å². The van der Waals surface area contributed by atoms with E-state index in [2.05, 4.69) is 11.4 Å². The average molecular weight is 319 g/mol. The number of anilines is 1. The number of rotatable bonds is 6. The summed E-state index contributed by atoms with van der Waals surface area (Å²) in [6, 6.07) is 6.00. The minimum Gasteiger partial charge on any atom is -0.385 e. The van der Waals surface area contributed by atoms with Gasteiger partial charge in [-0.05, 0) is 44.9 Å². The number of alkyl halides is 3. The maximum absolute atomic E-state index is 12.7. The van der Waals surface area contributed by atoms with Crippen LogP contribution in [-0.2, 0) is 6.18 Å². The van der Waals surface area contributed by atoms with E-state index in [0.29, 0.717) is 12.2 Å². The Morgan fingerprint density at radius 2 is 1.90 bits per heavy atom. The number of unbranched alkanes of at least 4 members (excludes halogenated alkanes) is 1. The third kappa shape index (κ3) is 5.84. The summed E-state index contributed by atoms with van der Waals surface area (Å²) < 4.78 is 38.1. The third-order valence-electron chi connectivity index (χ3n) is 3.13. The van der Waals surface area contributed by atoms with E-state index >= 15 is 0 Å². The molecule has 1 aromatic rings. The van der Waals surface area contributed by atoms with E-state index < -0.39 is 11.7 Å². The van der Waals surface area contributed by atoms with Crippen LogP contribution in [0.5, 0.6) is 0 Å². The van der Waals surface area contributed by atoms with E-state index in [1.807, 2.05) is 13.8 Å². The Hall–Kier alpha value is -1.41. The van der Waals surface area contributed by atoms with E-state index in [-0.39, 0.29) is 10.4 Å². The summed E-state index contributed by atoms with van der Waals surface area (Å²) in [6.45, 7) is 4.30. The molecule has 0 amide bonds. The maximum Gasteiger partial charge on any atom is 0.417 e. The molecule has 0 radical (unpaired) electrons. The van der Waals surface area contributed by atoms with Crippen molar-refractivity contribution in [2.24, 2.45) is 5.41 Å². The van der Waals surface area contributed by atoms with Crippen molar-refractivity contribution in [2.75, 3.05) is 11.9 Å². The molecular weight excluding hydrogens is 301 g/mol. The minimum atomic E-state index is -4.45. The van der Waals surface area contributed by atoms with Crippen LogP contribution in [0.4, 0.5) is 18.9 Å². The van der Waals surface area contributed by atoms with Crippen LogP contribution in [0.2, 0.25) is 5.02 Å². The molecule has 0 aliphatic heterocycles. The van der Waals surface area contributed by atoms with Crippen molar-refractivity contribution in [1.82, 2.24) is 0 Å². The van der Waals surface area contributed by atoms with Gasteiger partial charge in [0, 0.05) is 12.2 Å². The zero-order valence-electron chi connectivity index (χ0n) is 12.0. The van der Waals surface area contributed by atoms with Crippen LogP contribution in [0.1, 0.15) is 38.7 Å². The first-order valence-corrected chi connectivity index (χ1v) is 7.05. The fourth-order valence-electron chi connectivity index (χ4n) is 1.83. The summed E-state index contributed by atoms with van der Waals surface area (Å²) in [7, 11) is 0. The molecule has 21 heavy (non-hydrogen) atoms. The minimum absolute atomic E-state index is 0.302. The molecule has 0 fully saturated rings. The third-order valence-corrected chi connectivity index (χ3v) is 3.46. The normalized spacial score (nSPS) is 12.0. The predicted molar refractivity (Wildman–Crippen MR) is 78.2 cm³/mol. The Labute approximate surface area is 127 Å². The van der Waals surface area contributed by atoms with Gasteiger partial charge in [0.05, 0.1) is 22.1 Å². The monoisotopic (exact) mass is 318 g/mol. The van der Waals surface area contributed by atoms with Gasteiger partial charge in [0.1, 0.15) is 0 Å². The van der Waals surface area contributed by atoms with Gasteiger partial charge in [-0.3, -0.25) is 0 Å². The number of halogens is 4. The van der Waals surface area contributed by atoms with Crippen molar-refractivity contribution >= 4 is 17.3 Å². The van der Waals surface area contributed by atoms with Crippen molar-refractivity contribution in [3.8, 4) is 6.07 Å². The molecule has 0 aliphatic rings. The molecule has 6 heteroatoms. The molecular formula is C15H18ClF3N2. The molecule has 0 atom stereocenters. The first-order valence-electron chi connectivity index (χ1n) is 6.67. The molecule has 0 bridgehead atoms. The second kappa shape index (κ2) is 7.04. The standard InChI is InChI=1S/C15H18ClF3N2/c1-14(2,10-20)7-3-4-8-21-11-5-6-13(16)12(9-11)15(17,18)19/h5-6,9,21H,3-4,7-8H2,1-2H3. The van der Waals surface area contributed by atoms with Crippen LogP contribution in [0, 0.1) is 16.7 Å². The quantitative estimate of drug-likeness (QED) is 0.704. The zero-order chi connectivity index (χ0) is 16.1. The van der Waals surface area contributed by atoms with Crippen molar-refractivity contribution in [2.45, 2.75) is 39.3 Å². The van der Waals surface area contributed by atoms with E-state index in [4.69, 9.17) is 16.9 Å². The highest BCUT2D eigenvalue weighted by Gasteiger charge is 2.33. The van der Waals surface area contributed by atoms with Crippen molar-refractivity contribution in [3.05, 3.63) is 28.8 Å². The van der Waals surface area contributed by atoms with E-state index in [9.17, 15) is 13.2 Å². The molecule has 0 saturated carbocycles. The van der Waals surface area contributed by atoms with E-state index in [1.54, 1.807) is 0 Å². The van der Waals surface area contributed by atoms with E-state index in [0.717, 1.165) is 25.3 Å². The first-order chi connectivity index (χ1) is 9.65. The van der Waals surface area contributed by atoms with Gasteiger partial charge >= 0.3 is 6.18 Å². The molecule has 1 rings (SSSR count). The number of hydrogen-bond donors (Lipinski definition) is 1. The highest BCUT2D eigenvalue weighted by atomic mass is 35.5. The van der Waals surface area contributed by atoms with E-state index in [1.165, 1.54) is 12.1 Å². The summed E-state index contributed by atoms with van der Waals surface area (Å²) in [4.78, 5) is 0. The second-order valence-corrected chi connectivity index (χ2v) is 5.98. The lowest BCUT2D eigenvalue weighted by molar-refractivity contribution is -0.137. The van der Waals surface area contributed by atoms with Gasteiger partial charge in [0.15, 0.2) is 0 Å². The predicted octanol–water partition coefficient (Wildman–Crippen LogP) is 5.49. The van der Waals surface area contributed by atoms with Gasteiger partial charge < -0.3 is 5.32 Å². The Balaban J connectivity index is 2.49. The lowest BCUT2D eigenvalue weighted by atomic mass is 9.89. The van der Waals surface area contributed by atoms with Crippen LogP contribution >= 0.6 is 11.6 Å². The molecule has 0 aromatic heterocycles. The number of nitrogens with one attached hydrogen (secondary N) is 1. The molecule has 2 nitrogen and oxygen atoms in total. The molecule has 1 aromatic carbocycles. The summed E-state index contributed by atoms with van der Waals surface area (Å²) in [6.07, 6.45) is -2.06. The van der Waals surface area contributed by atoms with Crippen molar-refractivity contribution in [3.63, 3.8) is 0 Å². The van der Waals surface area contributed by atoms with Crippen LogP contribution in [-0.4, -0.2) is 6.54 Å². The van der Waals surface area contributed by atoms with Gasteiger partial charge in [-0.2, -0.15) is 18.4 Å². The van der Waals surface area contributed by atoms with Crippen LogP contribution in [0.25, 0.3) is 0 Å². The molecule has 0 saturated heterocycles. The highest BCUT2D eigenvalue weighted by Crippen LogP contribution is 2.36. The Bertz CT molecular complexity index is 519. The number of nitriles is 1. The van der Waals surface area contributed by atoms with Crippen molar-refractivity contribution < 1.29 is 13.2 Å². The fraction of sp³-hybridized carbons (Fsp3) is 0.533. The Morgan fingerprint density at radius 1 is 1.24 bits per heavy atom. The smallest absolute Gasteiger partial charge is 0.385 e. The molecule has 0 unspecified atom stereocenters. The Morgan fingerprint density at radius 3 is 2.48 bits per heavy atom. The van der Waals surface area contributed by atoms with Gasteiger partial charge in [-0.15, -0.1) is 0 Å². The summed E-state index contributed by atoms with van der Waals surface area (Å²) in [5, 5.41) is 11.5. The SMILES string of the molecule is CC(C)(C#N)CCCCNc1ccc(Cl)c(C(F)(F)F)c1. The summed E-state index contributed by atoms with van der Waals surface area (Å²) in [5.41, 5.74) is -0.796. The van der Waals surface area contributed by atoms with Crippen LogP contribution < -0.4 is 5.32 Å². The number of hydrogen-bond acceptors (Lipinski definition) is 2. The second-order valence-electron chi connectivity index (χ2n) is 5.57. The summed E-state index contributed by atoms with van der Waals surface area (Å²) >= 11 is 5.55. The largest absolute Gasteiger partial charge is 0.417 e. The molecule has 0 aliphatic carbocycles. The van der Waals surface area contributed by atoms with Crippen LogP contribution in [0.15, 0.2) is 18.2 Å². The zero-order valence-corrected chi connectivity index (χ0v) is 12.8. The topological polar surface area (TPSA) is 35.8 Å². The lowest BCUT2D eigenvalue weighted by Crippen LogP contribution is -2.10. The molecule has 0 spiro atoms.